The summed E-state index contributed by atoms with van der Waals surface area (Å²) in [5, 5.41) is 56.4. The topological polar surface area (TPSA) is 175 Å². The Morgan fingerprint density at radius 3 is 2.11 bits per heavy atom. The molecule has 0 aromatic rings. The number of nitrogens with zero attached hydrogens (tertiary/aromatic N) is 1. The van der Waals surface area contributed by atoms with Crippen molar-refractivity contribution < 1.29 is 54.1 Å². The zero-order valence-corrected chi connectivity index (χ0v) is 28.5. The van der Waals surface area contributed by atoms with Crippen molar-refractivity contribution in [3.8, 4) is 0 Å². The van der Waals surface area contributed by atoms with Gasteiger partial charge in [0.2, 0.25) is 0 Å². The van der Waals surface area contributed by atoms with E-state index < -0.39 is 89.5 Å². The zero-order valence-electron chi connectivity index (χ0n) is 28.5. The Morgan fingerprint density at radius 2 is 1.61 bits per heavy atom. The van der Waals surface area contributed by atoms with Crippen LogP contribution in [0.1, 0.15) is 81.1 Å². The van der Waals surface area contributed by atoms with Crippen LogP contribution in [0.4, 0.5) is 0 Å². The molecule has 2 aliphatic rings. The minimum Gasteiger partial charge on any atom is -0.459 e. The standard InChI is InChI=1S/C32H59NO11/c1-12-23-31(7,39)22(13-14-34)32(8,40)26(37)17(2)16-30(6,41-11)27(19(4)24(35)20(5)28(38)43-23)44-29-25(36)21(33(9)10)15-18(3)42-29/h17-23,25-27,29,34,36-37,39-40H,12-16H2,1-11H3/t17-,18-,19-,20?,21+,22-,23-,25-,26?,27-,29+,30-,31+,32?/m1/s1. The highest BCUT2D eigenvalue weighted by Gasteiger charge is 2.56. The predicted molar refractivity (Wildman–Crippen MR) is 162 cm³/mol. The highest BCUT2D eigenvalue weighted by atomic mass is 16.7. The van der Waals surface area contributed by atoms with E-state index in [0.717, 1.165) is 0 Å². The summed E-state index contributed by atoms with van der Waals surface area (Å²) in [4.78, 5) is 29.2. The van der Waals surface area contributed by atoms with Crippen molar-refractivity contribution in [3.63, 3.8) is 0 Å². The number of Topliss-reactive ketones (excluding diaryl/α,β-unsaturated/α-hetero) is 1. The molecule has 0 aromatic heterocycles. The Bertz CT molecular complexity index is 958. The molecular weight excluding hydrogens is 574 g/mol. The molecule has 2 saturated heterocycles. The first-order valence-electron chi connectivity index (χ1n) is 15.9. The first kappa shape index (κ1) is 39.0. The fourth-order valence-corrected chi connectivity index (χ4v) is 7.49. The lowest BCUT2D eigenvalue weighted by Crippen LogP contribution is -2.63. The van der Waals surface area contributed by atoms with Gasteiger partial charge in [-0.3, -0.25) is 9.59 Å². The Kier molecular flexibility index (Phi) is 13.4. The van der Waals surface area contributed by atoms with Crippen molar-refractivity contribution in [2.45, 2.75) is 141 Å². The van der Waals surface area contributed by atoms with Crippen LogP contribution in [-0.2, 0) is 28.5 Å². The minimum absolute atomic E-state index is 0.0720. The monoisotopic (exact) mass is 633 g/mol. The van der Waals surface area contributed by atoms with Gasteiger partial charge in [0.15, 0.2) is 12.1 Å². The van der Waals surface area contributed by atoms with Crippen LogP contribution < -0.4 is 0 Å². The molecule has 258 valence electrons. The zero-order chi connectivity index (χ0) is 33.9. The van der Waals surface area contributed by atoms with Gasteiger partial charge < -0.3 is 49.4 Å². The van der Waals surface area contributed by atoms with Crippen LogP contribution in [0, 0.1) is 23.7 Å². The van der Waals surface area contributed by atoms with E-state index in [4.69, 9.17) is 18.9 Å². The average Bonchev–Trinajstić information content (AvgIpc) is 2.95. The van der Waals surface area contributed by atoms with Crippen LogP contribution >= 0.6 is 0 Å². The summed E-state index contributed by atoms with van der Waals surface area (Å²) in [5.74, 6) is -5.40. The number of ether oxygens (including phenoxy) is 4. The molecule has 0 aliphatic carbocycles. The average molecular weight is 634 g/mol. The van der Waals surface area contributed by atoms with Gasteiger partial charge in [0, 0.05) is 31.6 Å². The molecule has 0 amide bonds. The van der Waals surface area contributed by atoms with E-state index in [1.165, 1.54) is 27.9 Å². The van der Waals surface area contributed by atoms with Gasteiger partial charge in [-0.2, -0.15) is 0 Å². The van der Waals surface area contributed by atoms with Crippen LogP contribution in [0.5, 0.6) is 0 Å². The largest absolute Gasteiger partial charge is 0.459 e. The van der Waals surface area contributed by atoms with Gasteiger partial charge in [0.05, 0.1) is 29.5 Å². The van der Waals surface area contributed by atoms with E-state index in [0.29, 0.717) is 6.42 Å². The Morgan fingerprint density at radius 1 is 1.02 bits per heavy atom. The van der Waals surface area contributed by atoms with E-state index in [9.17, 15) is 35.1 Å². The second-order valence-electron chi connectivity index (χ2n) is 14.0. The Labute approximate surface area is 263 Å². The van der Waals surface area contributed by atoms with Gasteiger partial charge in [-0.05, 0) is 80.3 Å². The number of rotatable bonds is 7. The van der Waals surface area contributed by atoms with Crippen molar-refractivity contribution in [2.75, 3.05) is 27.8 Å². The number of carbonyl (C=O) groups is 2. The molecule has 2 fully saturated rings. The maximum absolute atomic E-state index is 13.9. The quantitative estimate of drug-likeness (QED) is 0.201. The molecule has 0 saturated carbocycles. The second kappa shape index (κ2) is 15.1. The third kappa shape index (κ3) is 8.01. The number of hydrogen-bond acceptors (Lipinski definition) is 12. The molecular formula is C32H59NO11. The van der Waals surface area contributed by atoms with Gasteiger partial charge in [-0.25, -0.2) is 0 Å². The highest BCUT2D eigenvalue weighted by Crippen LogP contribution is 2.43. The van der Waals surface area contributed by atoms with Crippen LogP contribution in [0.25, 0.3) is 0 Å². The van der Waals surface area contributed by atoms with Gasteiger partial charge in [0.25, 0.3) is 0 Å². The van der Waals surface area contributed by atoms with Gasteiger partial charge in [-0.1, -0.05) is 20.8 Å². The third-order valence-corrected chi connectivity index (χ3v) is 10.3. The van der Waals surface area contributed by atoms with E-state index in [1.54, 1.807) is 27.7 Å². The fourth-order valence-electron chi connectivity index (χ4n) is 7.49. The van der Waals surface area contributed by atoms with Crippen LogP contribution in [0.15, 0.2) is 0 Å². The minimum atomic E-state index is -1.95. The number of likely N-dealkylation sites (N-methyl/N-ethyl adjacent to an activating group) is 1. The summed E-state index contributed by atoms with van der Waals surface area (Å²) in [7, 11) is 5.15. The van der Waals surface area contributed by atoms with Crippen LogP contribution in [-0.4, -0.2) is 130 Å². The lowest BCUT2D eigenvalue weighted by molar-refractivity contribution is -0.297. The van der Waals surface area contributed by atoms with Crippen molar-refractivity contribution >= 4 is 11.8 Å². The number of cyclic esters (lactones) is 1. The SMILES string of the molecule is CC[C@H]1OC(=O)C(C)C(=O)[C@@H](C)[C@@H](O[C@@H]2O[C@H](C)C[C@H](N(C)C)[C@H]2O)[C@](C)(OC)C[C@@H](C)C(O)C(C)(O)[C@H](CCO)[C@]1(C)O. The van der Waals surface area contributed by atoms with E-state index in [1.807, 2.05) is 25.9 Å². The molecule has 2 heterocycles. The maximum Gasteiger partial charge on any atom is 0.316 e. The smallest absolute Gasteiger partial charge is 0.316 e. The molecule has 5 N–H and O–H groups in total. The number of esters is 1. The Hall–Kier alpha value is -1.22. The van der Waals surface area contributed by atoms with Crippen molar-refractivity contribution in [2.24, 2.45) is 23.7 Å². The summed E-state index contributed by atoms with van der Waals surface area (Å²) in [6.45, 7) is 12.4. The highest BCUT2D eigenvalue weighted by molar-refractivity contribution is 6.00. The summed E-state index contributed by atoms with van der Waals surface area (Å²) >= 11 is 0. The maximum atomic E-state index is 13.9. The fraction of sp³-hybridized carbons (Fsp3) is 0.938. The lowest BCUT2D eigenvalue weighted by Gasteiger charge is -2.50. The second-order valence-corrected chi connectivity index (χ2v) is 14.0. The molecule has 2 aliphatic heterocycles. The predicted octanol–water partition coefficient (Wildman–Crippen LogP) is 1.27. The first-order chi connectivity index (χ1) is 20.2. The number of ketones is 1. The molecule has 44 heavy (non-hydrogen) atoms. The molecule has 0 spiro atoms. The lowest BCUT2D eigenvalue weighted by atomic mass is 9.66. The molecule has 0 aromatic carbocycles. The van der Waals surface area contributed by atoms with Gasteiger partial charge in [0.1, 0.15) is 23.7 Å². The van der Waals surface area contributed by atoms with Crippen molar-refractivity contribution in [1.82, 2.24) is 4.90 Å². The van der Waals surface area contributed by atoms with Gasteiger partial charge >= 0.3 is 5.97 Å². The Balaban J connectivity index is 2.70. The summed E-state index contributed by atoms with van der Waals surface area (Å²) < 4.78 is 24.3. The molecule has 14 atom stereocenters. The third-order valence-electron chi connectivity index (χ3n) is 10.3. The normalized spacial score (nSPS) is 46.9. The summed E-state index contributed by atoms with van der Waals surface area (Å²) in [6, 6.07) is -0.283. The molecule has 3 unspecified atom stereocenters. The molecule has 0 radical (unpaired) electrons. The first-order valence-corrected chi connectivity index (χ1v) is 15.9. The summed E-state index contributed by atoms with van der Waals surface area (Å²) in [6.07, 6.45) is -5.43. The number of aliphatic hydroxyl groups excluding tert-OH is 3. The van der Waals surface area contributed by atoms with E-state index in [2.05, 4.69) is 0 Å². The molecule has 0 bridgehead atoms. The molecule has 12 heteroatoms. The van der Waals surface area contributed by atoms with E-state index >= 15 is 0 Å². The molecule has 12 nitrogen and oxygen atoms in total. The van der Waals surface area contributed by atoms with Crippen molar-refractivity contribution in [1.29, 1.82) is 0 Å². The molecule has 2 rings (SSSR count). The van der Waals surface area contributed by atoms with Gasteiger partial charge in [-0.15, -0.1) is 0 Å². The van der Waals surface area contributed by atoms with Crippen LogP contribution in [0.3, 0.4) is 0 Å². The number of carbonyl (C=O) groups excluding carboxylic acids is 2. The number of methoxy groups -OCH3 is 1. The van der Waals surface area contributed by atoms with E-state index in [-0.39, 0.29) is 31.4 Å². The summed E-state index contributed by atoms with van der Waals surface area (Å²) in [5.41, 5.74) is -5.12. The number of aliphatic hydroxyl groups is 5. The number of hydrogen-bond donors (Lipinski definition) is 5. The van der Waals surface area contributed by atoms with Crippen molar-refractivity contribution in [3.05, 3.63) is 0 Å². The van der Waals surface area contributed by atoms with Crippen LogP contribution in [0.2, 0.25) is 0 Å².